The normalized spacial score (nSPS) is 15.5. The third-order valence-electron chi connectivity index (χ3n) is 2.28. The van der Waals surface area contributed by atoms with Gasteiger partial charge in [-0.05, 0) is 18.9 Å². The van der Waals surface area contributed by atoms with Gasteiger partial charge in [0, 0.05) is 18.1 Å². The van der Waals surface area contributed by atoms with E-state index in [0.29, 0.717) is 10.9 Å². The molecule has 1 unspecified atom stereocenters. The first kappa shape index (κ1) is 11.5. The number of aliphatic hydroxyl groups is 1. The quantitative estimate of drug-likeness (QED) is 0.612. The van der Waals surface area contributed by atoms with Gasteiger partial charge >= 0.3 is 0 Å². The van der Waals surface area contributed by atoms with Crippen LogP contribution in [0.25, 0.3) is 0 Å². The summed E-state index contributed by atoms with van der Waals surface area (Å²) in [7, 11) is 0. The SMILES string of the molecule is CC(C)C(C)(O)CSc1ncccn1. The summed E-state index contributed by atoms with van der Waals surface area (Å²) < 4.78 is 0. The molecule has 0 amide bonds. The van der Waals surface area contributed by atoms with E-state index >= 15 is 0 Å². The first-order chi connectivity index (χ1) is 6.52. The van der Waals surface area contributed by atoms with Gasteiger partial charge in [0.05, 0.1) is 5.60 Å². The summed E-state index contributed by atoms with van der Waals surface area (Å²) in [6.45, 7) is 5.85. The predicted molar refractivity (Wildman–Crippen MR) is 58.2 cm³/mol. The topological polar surface area (TPSA) is 46.0 Å². The van der Waals surface area contributed by atoms with E-state index in [-0.39, 0.29) is 5.92 Å². The van der Waals surface area contributed by atoms with Gasteiger partial charge in [-0.25, -0.2) is 9.97 Å². The Labute approximate surface area is 89.0 Å². The highest BCUT2D eigenvalue weighted by atomic mass is 32.2. The Morgan fingerprint density at radius 2 is 2.00 bits per heavy atom. The van der Waals surface area contributed by atoms with E-state index in [9.17, 15) is 5.11 Å². The van der Waals surface area contributed by atoms with Gasteiger partial charge in [-0.2, -0.15) is 0 Å². The van der Waals surface area contributed by atoms with Crippen molar-refractivity contribution >= 4 is 11.8 Å². The molecule has 1 aromatic rings. The second kappa shape index (κ2) is 4.75. The van der Waals surface area contributed by atoms with Crippen LogP contribution in [0.3, 0.4) is 0 Å². The summed E-state index contributed by atoms with van der Waals surface area (Å²) in [6, 6.07) is 1.78. The fourth-order valence-electron chi connectivity index (χ4n) is 0.737. The van der Waals surface area contributed by atoms with E-state index in [1.54, 1.807) is 18.5 Å². The van der Waals surface area contributed by atoms with Crippen molar-refractivity contribution in [1.82, 2.24) is 9.97 Å². The van der Waals surface area contributed by atoms with Crippen LogP contribution in [0.5, 0.6) is 0 Å². The van der Waals surface area contributed by atoms with Gasteiger partial charge in [-0.1, -0.05) is 25.6 Å². The lowest BCUT2D eigenvalue weighted by molar-refractivity contribution is 0.0376. The first-order valence-electron chi connectivity index (χ1n) is 4.64. The largest absolute Gasteiger partial charge is 0.389 e. The van der Waals surface area contributed by atoms with Crippen molar-refractivity contribution < 1.29 is 5.11 Å². The van der Waals surface area contributed by atoms with Gasteiger partial charge in [0.25, 0.3) is 0 Å². The van der Waals surface area contributed by atoms with Crippen LogP contribution in [-0.4, -0.2) is 26.4 Å². The highest BCUT2D eigenvalue weighted by molar-refractivity contribution is 7.99. The van der Waals surface area contributed by atoms with Crippen molar-refractivity contribution in [3.63, 3.8) is 0 Å². The summed E-state index contributed by atoms with van der Waals surface area (Å²) >= 11 is 1.48. The summed E-state index contributed by atoms with van der Waals surface area (Å²) in [4.78, 5) is 8.16. The summed E-state index contributed by atoms with van der Waals surface area (Å²) in [6.07, 6.45) is 3.42. The second-order valence-corrected chi connectivity index (χ2v) is 4.77. The van der Waals surface area contributed by atoms with E-state index in [1.807, 2.05) is 20.8 Å². The molecule has 14 heavy (non-hydrogen) atoms. The molecule has 0 fully saturated rings. The van der Waals surface area contributed by atoms with E-state index in [1.165, 1.54) is 11.8 Å². The van der Waals surface area contributed by atoms with Crippen molar-refractivity contribution in [2.45, 2.75) is 31.5 Å². The molecule has 1 atom stereocenters. The maximum absolute atomic E-state index is 9.98. The first-order valence-corrected chi connectivity index (χ1v) is 5.63. The number of hydrogen-bond acceptors (Lipinski definition) is 4. The number of nitrogens with zero attached hydrogens (tertiary/aromatic N) is 2. The minimum atomic E-state index is -0.663. The fraction of sp³-hybridized carbons (Fsp3) is 0.600. The maximum atomic E-state index is 9.98. The van der Waals surface area contributed by atoms with E-state index in [0.717, 1.165) is 0 Å². The molecule has 0 saturated heterocycles. The van der Waals surface area contributed by atoms with E-state index < -0.39 is 5.60 Å². The predicted octanol–water partition coefficient (Wildman–Crippen LogP) is 1.98. The van der Waals surface area contributed by atoms with Gasteiger partial charge in [0.15, 0.2) is 5.16 Å². The van der Waals surface area contributed by atoms with Gasteiger partial charge in [0.2, 0.25) is 0 Å². The maximum Gasteiger partial charge on any atom is 0.187 e. The van der Waals surface area contributed by atoms with Gasteiger partial charge in [0.1, 0.15) is 0 Å². The third kappa shape index (κ3) is 3.27. The molecule has 0 bridgehead atoms. The number of aromatic nitrogens is 2. The lowest BCUT2D eigenvalue weighted by atomic mass is 9.95. The molecule has 4 heteroatoms. The van der Waals surface area contributed by atoms with Crippen LogP contribution in [0.2, 0.25) is 0 Å². The van der Waals surface area contributed by atoms with Crippen molar-refractivity contribution in [3.8, 4) is 0 Å². The van der Waals surface area contributed by atoms with Crippen LogP contribution in [0.15, 0.2) is 23.6 Å². The molecule has 0 saturated carbocycles. The Morgan fingerprint density at radius 1 is 1.43 bits per heavy atom. The molecule has 0 aromatic carbocycles. The monoisotopic (exact) mass is 212 g/mol. The number of rotatable bonds is 4. The van der Waals surface area contributed by atoms with Crippen LogP contribution in [0.4, 0.5) is 0 Å². The average molecular weight is 212 g/mol. The molecule has 78 valence electrons. The average Bonchev–Trinajstić information content (AvgIpc) is 2.16. The zero-order valence-corrected chi connectivity index (χ0v) is 9.58. The lowest BCUT2D eigenvalue weighted by Crippen LogP contribution is -2.33. The fourth-order valence-corrected chi connectivity index (χ4v) is 1.76. The summed E-state index contributed by atoms with van der Waals surface area (Å²) in [5.74, 6) is 0.855. The van der Waals surface area contributed by atoms with Gasteiger partial charge in [-0.15, -0.1) is 0 Å². The number of thioether (sulfide) groups is 1. The van der Waals surface area contributed by atoms with Crippen LogP contribution in [0.1, 0.15) is 20.8 Å². The molecule has 0 radical (unpaired) electrons. The van der Waals surface area contributed by atoms with Crippen LogP contribution < -0.4 is 0 Å². The Kier molecular flexibility index (Phi) is 3.89. The molecule has 1 rings (SSSR count). The Balaban J connectivity index is 2.49. The highest BCUT2D eigenvalue weighted by Gasteiger charge is 2.25. The molecule has 0 aliphatic heterocycles. The highest BCUT2D eigenvalue weighted by Crippen LogP contribution is 2.24. The van der Waals surface area contributed by atoms with Crippen molar-refractivity contribution in [3.05, 3.63) is 18.5 Å². The molecule has 1 heterocycles. The summed E-state index contributed by atoms with van der Waals surface area (Å²) in [5, 5.41) is 10.7. The molecule has 0 aliphatic carbocycles. The second-order valence-electron chi connectivity index (χ2n) is 3.83. The molecule has 0 spiro atoms. The van der Waals surface area contributed by atoms with Crippen molar-refractivity contribution in [2.24, 2.45) is 5.92 Å². The van der Waals surface area contributed by atoms with E-state index in [4.69, 9.17) is 0 Å². The van der Waals surface area contributed by atoms with Crippen LogP contribution in [-0.2, 0) is 0 Å². The zero-order valence-electron chi connectivity index (χ0n) is 8.77. The molecular weight excluding hydrogens is 196 g/mol. The smallest absolute Gasteiger partial charge is 0.187 e. The Bertz CT molecular complexity index is 275. The minimum Gasteiger partial charge on any atom is -0.389 e. The van der Waals surface area contributed by atoms with E-state index in [2.05, 4.69) is 9.97 Å². The van der Waals surface area contributed by atoms with Gasteiger partial charge in [-0.3, -0.25) is 0 Å². The molecule has 1 N–H and O–H groups in total. The number of hydrogen-bond donors (Lipinski definition) is 1. The standard InChI is InChI=1S/C10H16N2OS/c1-8(2)10(3,13)7-14-9-11-5-4-6-12-9/h4-6,8,13H,7H2,1-3H3. The minimum absolute atomic E-state index is 0.235. The van der Waals surface area contributed by atoms with Crippen LogP contribution in [0, 0.1) is 5.92 Å². The van der Waals surface area contributed by atoms with Crippen molar-refractivity contribution in [1.29, 1.82) is 0 Å². The lowest BCUT2D eigenvalue weighted by Gasteiger charge is -2.26. The summed E-state index contributed by atoms with van der Waals surface area (Å²) in [5.41, 5.74) is -0.663. The Hall–Kier alpha value is -0.610. The van der Waals surface area contributed by atoms with Gasteiger partial charge < -0.3 is 5.11 Å². The van der Waals surface area contributed by atoms with Crippen LogP contribution >= 0.6 is 11.8 Å². The Morgan fingerprint density at radius 3 is 2.50 bits per heavy atom. The molecule has 1 aromatic heterocycles. The zero-order chi connectivity index (χ0) is 10.6. The third-order valence-corrected chi connectivity index (χ3v) is 3.48. The molecule has 3 nitrogen and oxygen atoms in total. The van der Waals surface area contributed by atoms with Crippen molar-refractivity contribution in [2.75, 3.05) is 5.75 Å². The molecule has 0 aliphatic rings. The molecular formula is C10H16N2OS.